The van der Waals surface area contributed by atoms with Crippen molar-refractivity contribution in [3.05, 3.63) is 63.6 Å². The molecule has 0 bridgehead atoms. The number of hydrogen-bond acceptors (Lipinski definition) is 3. The zero-order valence-corrected chi connectivity index (χ0v) is 14.7. The van der Waals surface area contributed by atoms with Gasteiger partial charge in [-0.05, 0) is 42.4 Å². The summed E-state index contributed by atoms with van der Waals surface area (Å²) in [4.78, 5) is 26.9. The van der Waals surface area contributed by atoms with E-state index in [9.17, 15) is 9.59 Å². The van der Waals surface area contributed by atoms with Crippen molar-refractivity contribution in [2.45, 2.75) is 32.6 Å². The zero-order chi connectivity index (χ0) is 17.8. The van der Waals surface area contributed by atoms with Gasteiger partial charge in [0.05, 0.1) is 12.2 Å². The second-order valence-electron chi connectivity index (χ2n) is 6.83. The predicted octanol–water partition coefficient (Wildman–Crippen LogP) is 2.87. The zero-order valence-electron chi connectivity index (χ0n) is 14.7. The van der Waals surface area contributed by atoms with Crippen LogP contribution in [0.25, 0.3) is 0 Å². The van der Waals surface area contributed by atoms with Gasteiger partial charge >= 0.3 is 0 Å². The standard InChI is InChI=1S/C20H24N2O3/c1-13(2)19-16(7-8-18(23)22-19)20(24)21-12-14-9-10-25-17-6-4-3-5-15(17)11-14/h3-8,13-14H,9-12H2,1-2H3,(H,21,24)(H,22,23). The monoisotopic (exact) mass is 340 g/mol. The first-order chi connectivity index (χ1) is 12.0. The van der Waals surface area contributed by atoms with E-state index >= 15 is 0 Å². The highest BCUT2D eigenvalue weighted by atomic mass is 16.5. The summed E-state index contributed by atoms with van der Waals surface area (Å²) in [5.41, 5.74) is 2.23. The van der Waals surface area contributed by atoms with Crippen LogP contribution in [0.5, 0.6) is 5.75 Å². The minimum atomic E-state index is -0.183. The molecule has 2 heterocycles. The molecule has 25 heavy (non-hydrogen) atoms. The molecule has 1 aliphatic rings. The molecule has 2 aromatic rings. The molecule has 5 heteroatoms. The summed E-state index contributed by atoms with van der Waals surface area (Å²) in [6.07, 6.45) is 1.79. The minimum absolute atomic E-state index is 0.0767. The van der Waals surface area contributed by atoms with Crippen LogP contribution in [0.15, 0.2) is 41.2 Å². The van der Waals surface area contributed by atoms with Gasteiger partial charge in [0.25, 0.3) is 5.91 Å². The SMILES string of the molecule is CC(C)c1[nH]c(=O)ccc1C(=O)NCC1CCOc2ccccc2C1. The Morgan fingerprint density at radius 1 is 1.28 bits per heavy atom. The summed E-state index contributed by atoms with van der Waals surface area (Å²) in [5.74, 6) is 1.21. The molecule has 1 aliphatic heterocycles. The highest BCUT2D eigenvalue weighted by molar-refractivity contribution is 5.95. The highest BCUT2D eigenvalue weighted by Gasteiger charge is 2.20. The largest absolute Gasteiger partial charge is 0.493 e. The topological polar surface area (TPSA) is 71.2 Å². The number of ether oxygens (including phenoxy) is 1. The summed E-state index contributed by atoms with van der Waals surface area (Å²) in [7, 11) is 0. The van der Waals surface area contributed by atoms with Crippen LogP contribution < -0.4 is 15.6 Å². The fourth-order valence-electron chi connectivity index (χ4n) is 3.21. The van der Waals surface area contributed by atoms with Crippen LogP contribution in [-0.4, -0.2) is 24.0 Å². The van der Waals surface area contributed by atoms with Crippen LogP contribution in [0.4, 0.5) is 0 Å². The van der Waals surface area contributed by atoms with Gasteiger partial charge in [-0.1, -0.05) is 32.0 Å². The molecular weight excluding hydrogens is 316 g/mol. The maximum atomic E-state index is 12.6. The van der Waals surface area contributed by atoms with E-state index in [2.05, 4.69) is 16.4 Å². The van der Waals surface area contributed by atoms with Crippen molar-refractivity contribution in [1.29, 1.82) is 0 Å². The van der Waals surface area contributed by atoms with Gasteiger partial charge in [0.1, 0.15) is 5.75 Å². The maximum absolute atomic E-state index is 12.6. The molecule has 1 unspecified atom stereocenters. The van der Waals surface area contributed by atoms with Gasteiger partial charge in [-0.3, -0.25) is 9.59 Å². The summed E-state index contributed by atoms with van der Waals surface area (Å²) in [6.45, 7) is 5.17. The molecular formula is C20H24N2O3. The number of aromatic nitrogens is 1. The van der Waals surface area contributed by atoms with E-state index in [4.69, 9.17) is 4.74 Å². The number of hydrogen-bond donors (Lipinski definition) is 2. The third-order valence-electron chi connectivity index (χ3n) is 4.59. The average molecular weight is 340 g/mol. The predicted molar refractivity (Wildman–Crippen MR) is 97.2 cm³/mol. The van der Waals surface area contributed by atoms with Gasteiger partial charge in [-0.15, -0.1) is 0 Å². The fraction of sp³-hybridized carbons (Fsp3) is 0.400. The fourth-order valence-corrected chi connectivity index (χ4v) is 3.21. The van der Waals surface area contributed by atoms with Gasteiger partial charge in [-0.2, -0.15) is 0 Å². The third kappa shape index (κ3) is 4.10. The van der Waals surface area contributed by atoms with E-state index in [0.29, 0.717) is 30.3 Å². The molecule has 0 saturated carbocycles. The lowest BCUT2D eigenvalue weighted by atomic mass is 9.96. The minimum Gasteiger partial charge on any atom is -0.493 e. The Labute approximate surface area is 147 Å². The molecule has 0 saturated heterocycles. The molecule has 2 N–H and O–H groups in total. The van der Waals surface area contributed by atoms with E-state index in [1.165, 1.54) is 11.6 Å². The average Bonchev–Trinajstić information content (AvgIpc) is 2.81. The van der Waals surface area contributed by atoms with Crippen molar-refractivity contribution in [2.24, 2.45) is 5.92 Å². The van der Waals surface area contributed by atoms with E-state index in [-0.39, 0.29) is 17.4 Å². The van der Waals surface area contributed by atoms with Crippen molar-refractivity contribution in [3.8, 4) is 5.75 Å². The van der Waals surface area contributed by atoms with Crippen molar-refractivity contribution < 1.29 is 9.53 Å². The number of H-pyrrole nitrogens is 1. The molecule has 132 valence electrons. The van der Waals surface area contributed by atoms with E-state index in [1.807, 2.05) is 32.0 Å². The summed E-state index contributed by atoms with van der Waals surface area (Å²) in [6, 6.07) is 11.1. The number of pyridine rings is 1. The number of rotatable bonds is 4. The van der Waals surface area contributed by atoms with Crippen LogP contribution in [0.3, 0.4) is 0 Å². The van der Waals surface area contributed by atoms with E-state index < -0.39 is 0 Å². The molecule has 0 aliphatic carbocycles. The normalized spacial score (nSPS) is 16.7. The highest BCUT2D eigenvalue weighted by Crippen LogP contribution is 2.26. The van der Waals surface area contributed by atoms with E-state index in [0.717, 1.165) is 18.6 Å². The first-order valence-corrected chi connectivity index (χ1v) is 8.76. The number of nitrogens with one attached hydrogen (secondary N) is 2. The van der Waals surface area contributed by atoms with Crippen molar-refractivity contribution in [1.82, 2.24) is 10.3 Å². The van der Waals surface area contributed by atoms with Gasteiger partial charge in [-0.25, -0.2) is 0 Å². The molecule has 0 spiro atoms. The second-order valence-corrected chi connectivity index (χ2v) is 6.83. The Kier molecular flexibility index (Phi) is 5.22. The molecule has 1 atom stereocenters. The molecule has 1 aromatic carbocycles. The van der Waals surface area contributed by atoms with Crippen molar-refractivity contribution in [3.63, 3.8) is 0 Å². The molecule has 3 rings (SSSR count). The molecule has 1 aromatic heterocycles. The summed E-state index contributed by atoms with van der Waals surface area (Å²) in [5, 5.41) is 3.03. The lowest BCUT2D eigenvalue weighted by Crippen LogP contribution is -2.32. The number of fused-ring (bicyclic) bond motifs is 1. The van der Waals surface area contributed by atoms with Gasteiger partial charge in [0, 0.05) is 18.3 Å². The molecule has 0 radical (unpaired) electrons. The van der Waals surface area contributed by atoms with E-state index in [1.54, 1.807) is 6.07 Å². The van der Waals surface area contributed by atoms with Crippen LogP contribution in [0.1, 0.15) is 47.8 Å². The smallest absolute Gasteiger partial charge is 0.253 e. The summed E-state index contributed by atoms with van der Waals surface area (Å²) < 4.78 is 5.78. The second kappa shape index (κ2) is 7.55. The quantitative estimate of drug-likeness (QED) is 0.899. The van der Waals surface area contributed by atoms with Gasteiger partial charge < -0.3 is 15.0 Å². The Morgan fingerprint density at radius 2 is 2.08 bits per heavy atom. The number of carbonyl (C=O) groups excluding carboxylic acids is 1. The Bertz CT molecular complexity index is 811. The first kappa shape index (κ1) is 17.3. The summed E-state index contributed by atoms with van der Waals surface area (Å²) >= 11 is 0. The number of carbonyl (C=O) groups is 1. The Balaban J connectivity index is 1.68. The van der Waals surface area contributed by atoms with Gasteiger partial charge in [0.15, 0.2) is 0 Å². The molecule has 5 nitrogen and oxygen atoms in total. The number of amides is 1. The third-order valence-corrected chi connectivity index (χ3v) is 4.59. The van der Waals surface area contributed by atoms with Crippen LogP contribution in [0.2, 0.25) is 0 Å². The number of aromatic amines is 1. The Morgan fingerprint density at radius 3 is 2.88 bits per heavy atom. The number of para-hydroxylation sites is 1. The molecule has 0 fully saturated rings. The first-order valence-electron chi connectivity index (χ1n) is 8.76. The van der Waals surface area contributed by atoms with Gasteiger partial charge in [0.2, 0.25) is 5.56 Å². The van der Waals surface area contributed by atoms with Crippen LogP contribution in [-0.2, 0) is 6.42 Å². The maximum Gasteiger partial charge on any atom is 0.253 e. The lowest BCUT2D eigenvalue weighted by molar-refractivity contribution is 0.0943. The van der Waals surface area contributed by atoms with Crippen LogP contribution in [0, 0.1) is 5.92 Å². The van der Waals surface area contributed by atoms with Crippen molar-refractivity contribution >= 4 is 5.91 Å². The number of benzene rings is 1. The lowest BCUT2D eigenvalue weighted by Gasteiger charge is -2.16. The molecule has 1 amide bonds. The van der Waals surface area contributed by atoms with Crippen molar-refractivity contribution in [2.75, 3.05) is 13.2 Å². The Hall–Kier alpha value is -2.56. The van der Waals surface area contributed by atoms with Crippen LogP contribution >= 0.6 is 0 Å².